The molecule has 1 aromatic heterocycles. The third-order valence-corrected chi connectivity index (χ3v) is 2.40. The molecule has 1 saturated heterocycles. The largest absolute Gasteiger partial charge is 0.381 e. The van der Waals surface area contributed by atoms with Crippen molar-refractivity contribution in [3.63, 3.8) is 0 Å². The highest BCUT2D eigenvalue weighted by molar-refractivity contribution is 5.26. The molecule has 66 valence electrons. The average molecular weight is 167 g/mol. The summed E-state index contributed by atoms with van der Waals surface area (Å²) in [5.74, 6) is 0. The van der Waals surface area contributed by atoms with E-state index >= 15 is 0 Å². The number of aliphatic hydroxyl groups is 1. The van der Waals surface area contributed by atoms with E-state index in [1.165, 1.54) is 0 Å². The number of hydrogen-bond donors (Lipinski definition) is 2. The van der Waals surface area contributed by atoms with Crippen LogP contribution in [0.1, 0.15) is 11.3 Å². The molecule has 2 N–H and O–H groups in total. The molecule has 0 amide bonds. The molecule has 0 bridgehead atoms. The molecule has 1 aromatic rings. The van der Waals surface area contributed by atoms with Gasteiger partial charge < -0.3 is 10.4 Å². The summed E-state index contributed by atoms with van der Waals surface area (Å²) in [6, 6.07) is 0. The summed E-state index contributed by atoms with van der Waals surface area (Å²) in [6.45, 7) is 3.24. The molecule has 2 rings (SSSR count). The Morgan fingerprint density at radius 2 is 2.33 bits per heavy atom. The predicted octanol–water partition coefficient (Wildman–Crippen LogP) is -0.481. The van der Waals surface area contributed by atoms with Gasteiger partial charge in [-0.05, 0) is 12.5 Å². The van der Waals surface area contributed by atoms with E-state index in [0.717, 1.165) is 11.3 Å². The molecular formula is C8H13N3O. The molecule has 0 radical (unpaired) electrons. The fourth-order valence-electron chi connectivity index (χ4n) is 1.74. The number of hydrogen-bond acceptors (Lipinski definition) is 3. The van der Waals surface area contributed by atoms with Crippen molar-refractivity contribution >= 4 is 0 Å². The number of aryl methyl sites for hydroxylation is 2. The second-order valence-electron chi connectivity index (χ2n) is 3.43. The highest BCUT2D eigenvalue weighted by atomic mass is 16.3. The SMILES string of the molecule is Cc1cnn(C)c1C1(O)CNC1. The summed E-state index contributed by atoms with van der Waals surface area (Å²) in [7, 11) is 1.86. The molecule has 1 fully saturated rings. The van der Waals surface area contributed by atoms with Crippen LogP contribution in [0.25, 0.3) is 0 Å². The quantitative estimate of drug-likeness (QED) is 0.594. The molecule has 0 unspecified atom stereocenters. The highest BCUT2D eigenvalue weighted by Gasteiger charge is 2.39. The van der Waals surface area contributed by atoms with Crippen molar-refractivity contribution in [2.45, 2.75) is 12.5 Å². The Morgan fingerprint density at radius 1 is 1.67 bits per heavy atom. The molecule has 2 heterocycles. The zero-order chi connectivity index (χ0) is 8.77. The van der Waals surface area contributed by atoms with Crippen LogP contribution >= 0.6 is 0 Å². The topological polar surface area (TPSA) is 50.1 Å². The van der Waals surface area contributed by atoms with Crippen molar-refractivity contribution in [2.75, 3.05) is 13.1 Å². The lowest BCUT2D eigenvalue weighted by Gasteiger charge is -2.38. The lowest BCUT2D eigenvalue weighted by Crippen LogP contribution is -2.57. The van der Waals surface area contributed by atoms with Gasteiger partial charge in [-0.2, -0.15) is 5.10 Å². The normalized spacial score (nSPS) is 20.6. The van der Waals surface area contributed by atoms with Crippen LogP contribution in [-0.2, 0) is 12.6 Å². The Hall–Kier alpha value is -0.870. The van der Waals surface area contributed by atoms with Gasteiger partial charge >= 0.3 is 0 Å². The average Bonchev–Trinajstić information content (AvgIpc) is 2.27. The van der Waals surface area contributed by atoms with Gasteiger partial charge in [-0.1, -0.05) is 0 Å². The summed E-state index contributed by atoms with van der Waals surface area (Å²) in [5.41, 5.74) is 1.30. The van der Waals surface area contributed by atoms with E-state index in [9.17, 15) is 5.11 Å². The van der Waals surface area contributed by atoms with Crippen LogP contribution in [-0.4, -0.2) is 28.0 Å². The summed E-state index contributed by atoms with van der Waals surface area (Å²) < 4.78 is 1.75. The van der Waals surface area contributed by atoms with Crippen molar-refractivity contribution in [1.29, 1.82) is 0 Å². The van der Waals surface area contributed by atoms with Gasteiger partial charge in [0.2, 0.25) is 0 Å². The second-order valence-corrected chi connectivity index (χ2v) is 3.43. The number of β-amino-alcohol motifs (C(OH)–C–C–N with tert-alkyl or cyclic N) is 1. The van der Waals surface area contributed by atoms with E-state index in [-0.39, 0.29) is 0 Å². The third-order valence-electron chi connectivity index (χ3n) is 2.40. The van der Waals surface area contributed by atoms with Crippen molar-refractivity contribution in [2.24, 2.45) is 7.05 Å². The highest BCUT2D eigenvalue weighted by Crippen LogP contribution is 2.26. The van der Waals surface area contributed by atoms with E-state index < -0.39 is 5.60 Å². The van der Waals surface area contributed by atoms with Gasteiger partial charge in [-0.15, -0.1) is 0 Å². The molecule has 4 heteroatoms. The summed E-state index contributed by atoms with van der Waals surface area (Å²) in [5, 5.41) is 17.2. The lowest BCUT2D eigenvalue weighted by molar-refractivity contribution is -0.0223. The maximum absolute atomic E-state index is 10.0. The predicted molar refractivity (Wildman–Crippen MR) is 44.7 cm³/mol. The Bertz CT molecular complexity index is 282. The second kappa shape index (κ2) is 2.31. The van der Waals surface area contributed by atoms with Gasteiger partial charge in [-0.25, -0.2) is 0 Å². The number of nitrogens with one attached hydrogen (secondary N) is 1. The van der Waals surface area contributed by atoms with E-state index in [1.54, 1.807) is 10.9 Å². The minimum Gasteiger partial charge on any atom is -0.381 e. The zero-order valence-corrected chi connectivity index (χ0v) is 7.33. The van der Waals surface area contributed by atoms with Gasteiger partial charge in [0.1, 0.15) is 5.60 Å². The van der Waals surface area contributed by atoms with Crippen molar-refractivity contribution in [3.05, 3.63) is 17.5 Å². The van der Waals surface area contributed by atoms with Crippen LogP contribution in [0.5, 0.6) is 0 Å². The van der Waals surface area contributed by atoms with Gasteiger partial charge in [0.25, 0.3) is 0 Å². The fourth-order valence-corrected chi connectivity index (χ4v) is 1.74. The Labute approximate surface area is 71.2 Å². The first kappa shape index (κ1) is 7.76. The van der Waals surface area contributed by atoms with Crippen molar-refractivity contribution in [3.8, 4) is 0 Å². The molecule has 12 heavy (non-hydrogen) atoms. The fraction of sp³-hybridized carbons (Fsp3) is 0.625. The van der Waals surface area contributed by atoms with Crippen molar-refractivity contribution in [1.82, 2.24) is 15.1 Å². The first-order valence-electron chi connectivity index (χ1n) is 4.06. The molecule has 4 nitrogen and oxygen atoms in total. The van der Waals surface area contributed by atoms with Crippen LogP contribution in [0.4, 0.5) is 0 Å². The Kier molecular flexibility index (Phi) is 1.49. The van der Waals surface area contributed by atoms with Gasteiger partial charge in [-0.3, -0.25) is 4.68 Å². The van der Waals surface area contributed by atoms with Crippen LogP contribution in [0.15, 0.2) is 6.20 Å². The minimum atomic E-state index is -0.685. The van der Waals surface area contributed by atoms with Gasteiger partial charge in [0.05, 0.1) is 11.9 Å². The Balaban J connectivity index is 2.44. The number of rotatable bonds is 1. The molecule has 0 saturated carbocycles. The monoisotopic (exact) mass is 167 g/mol. The molecule has 1 aliphatic rings. The van der Waals surface area contributed by atoms with Gasteiger partial charge in [0, 0.05) is 20.1 Å². The lowest BCUT2D eigenvalue weighted by atomic mass is 9.91. The third kappa shape index (κ3) is 0.884. The molecule has 1 aliphatic heterocycles. The van der Waals surface area contributed by atoms with Crippen LogP contribution < -0.4 is 5.32 Å². The van der Waals surface area contributed by atoms with E-state index in [4.69, 9.17) is 0 Å². The zero-order valence-electron chi connectivity index (χ0n) is 7.33. The number of nitrogens with zero attached hydrogens (tertiary/aromatic N) is 2. The molecular weight excluding hydrogens is 154 g/mol. The van der Waals surface area contributed by atoms with Gasteiger partial charge in [0.15, 0.2) is 0 Å². The Morgan fingerprint density at radius 3 is 2.67 bits per heavy atom. The van der Waals surface area contributed by atoms with Crippen LogP contribution in [0.3, 0.4) is 0 Å². The molecule has 0 aliphatic carbocycles. The van der Waals surface area contributed by atoms with E-state index in [2.05, 4.69) is 10.4 Å². The first-order valence-corrected chi connectivity index (χ1v) is 4.06. The van der Waals surface area contributed by atoms with E-state index in [0.29, 0.717) is 13.1 Å². The molecule has 0 atom stereocenters. The maximum atomic E-state index is 10.0. The smallest absolute Gasteiger partial charge is 0.131 e. The standard InChI is InChI=1S/C8H13N3O/c1-6-3-10-11(2)7(6)8(12)4-9-5-8/h3,9,12H,4-5H2,1-2H3. The van der Waals surface area contributed by atoms with Crippen LogP contribution in [0.2, 0.25) is 0 Å². The minimum absolute atomic E-state index is 0.632. The van der Waals surface area contributed by atoms with E-state index in [1.807, 2.05) is 14.0 Å². The molecule has 0 aromatic carbocycles. The van der Waals surface area contributed by atoms with Crippen molar-refractivity contribution < 1.29 is 5.11 Å². The summed E-state index contributed by atoms with van der Waals surface area (Å²) in [4.78, 5) is 0. The first-order chi connectivity index (χ1) is 5.63. The number of aromatic nitrogens is 2. The maximum Gasteiger partial charge on any atom is 0.131 e. The van der Waals surface area contributed by atoms with Crippen LogP contribution in [0, 0.1) is 6.92 Å². The summed E-state index contributed by atoms with van der Waals surface area (Å²) in [6.07, 6.45) is 1.78. The summed E-state index contributed by atoms with van der Waals surface area (Å²) >= 11 is 0. The molecule has 0 spiro atoms.